The van der Waals surface area contributed by atoms with Crippen molar-refractivity contribution in [3.05, 3.63) is 28.2 Å². The number of benzene rings is 1. The van der Waals surface area contributed by atoms with E-state index in [0.29, 0.717) is 22.2 Å². The zero-order valence-corrected chi connectivity index (χ0v) is 14.3. The predicted octanol–water partition coefficient (Wildman–Crippen LogP) is 3.84. The van der Waals surface area contributed by atoms with E-state index in [2.05, 4.69) is 10.2 Å². The summed E-state index contributed by atoms with van der Waals surface area (Å²) in [6, 6.07) is 4.98. The summed E-state index contributed by atoms with van der Waals surface area (Å²) in [5, 5.41) is 7.99. The number of aromatic nitrogens is 3. The summed E-state index contributed by atoms with van der Waals surface area (Å²) in [5.74, 6) is 0.428. The van der Waals surface area contributed by atoms with E-state index in [1.807, 2.05) is 13.8 Å². The molecular formula is C12H12Cl3N3O2S. The van der Waals surface area contributed by atoms with Gasteiger partial charge in [-0.1, -0.05) is 43.1 Å². The molecule has 0 unspecified atom stereocenters. The Kier molecular flexibility index (Phi) is 4.82. The maximum atomic E-state index is 11.6. The van der Waals surface area contributed by atoms with Crippen molar-refractivity contribution in [3.63, 3.8) is 0 Å². The summed E-state index contributed by atoms with van der Waals surface area (Å²) in [6.07, 6.45) is 0. The Morgan fingerprint density at radius 1 is 1.19 bits per heavy atom. The van der Waals surface area contributed by atoms with Crippen molar-refractivity contribution < 1.29 is 8.42 Å². The second-order valence-corrected chi connectivity index (χ2v) is 8.12. The standard InChI is InChI=1S/C12H12Cl3N3O2S/c1-7(2)6-18-11(16-17-12(18)21(15,19)20)10-8(13)4-3-5-9(10)14/h3-5,7H,6H2,1-2H3. The molecule has 0 aliphatic carbocycles. The molecule has 0 bridgehead atoms. The third-order valence-corrected chi connectivity index (χ3v) is 4.45. The summed E-state index contributed by atoms with van der Waals surface area (Å²) in [4.78, 5) is 0. The number of rotatable bonds is 4. The van der Waals surface area contributed by atoms with Crippen LogP contribution in [-0.2, 0) is 15.6 Å². The molecule has 0 atom stereocenters. The minimum Gasteiger partial charge on any atom is -0.296 e. The molecule has 2 rings (SSSR count). The highest BCUT2D eigenvalue weighted by atomic mass is 35.7. The Morgan fingerprint density at radius 2 is 1.76 bits per heavy atom. The first kappa shape index (κ1) is 16.5. The summed E-state index contributed by atoms with van der Waals surface area (Å²) >= 11 is 12.3. The molecule has 21 heavy (non-hydrogen) atoms. The zero-order valence-electron chi connectivity index (χ0n) is 11.2. The molecule has 0 saturated heterocycles. The molecule has 2 aromatic rings. The maximum absolute atomic E-state index is 11.6. The number of hydrogen-bond acceptors (Lipinski definition) is 4. The molecule has 0 spiro atoms. The first-order valence-corrected chi connectivity index (χ1v) is 9.10. The number of hydrogen-bond donors (Lipinski definition) is 0. The van der Waals surface area contributed by atoms with Crippen LogP contribution in [0.5, 0.6) is 0 Å². The molecule has 0 radical (unpaired) electrons. The van der Waals surface area contributed by atoms with E-state index in [-0.39, 0.29) is 16.9 Å². The fraction of sp³-hybridized carbons (Fsp3) is 0.333. The van der Waals surface area contributed by atoms with Crippen LogP contribution in [0, 0.1) is 5.92 Å². The van der Waals surface area contributed by atoms with Crippen LogP contribution in [0.2, 0.25) is 10.0 Å². The van der Waals surface area contributed by atoms with Crippen molar-refractivity contribution in [2.24, 2.45) is 5.92 Å². The predicted molar refractivity (Wildman–Crippen MR) is 83.4 cm³/mol. The Balaban J connectivity index is 2.73. The Morgan fingerprint density at radius 3 is 2.24 bits per heavy atom. The normalized spacial score (nSPS) is 12.1. The third kappa shape index (κ3) is 3.51. The van der Waals surface area contributed by atoms with E-state index in [0.717, 1.165) is 0 Å². The summed E-state index contributed by atoms with van der Waals surface area (Å²) in [5.41, 5.74) is 0.431. The van der Waals surface area contributed by atoms with Gasteiger partial charge in [0, 0.05) is 17.2 Å². The van der Waals surface area contributed by atoms with Crippen molar-refractivity contribution in [2.45, 2.75) is 25.5 Å². The molecule has 0 saturated carbocycles. The van der Waals surface area contributed by atoms with E-state index in [4.69, 9.17) is 33.9 Å². The van der Waals surface area contributed by atoms with Crippen LogP contribution in [0.15, 0.2) is 23.4 Å². The van der Waals surface area contributed by atoms with Gasteiger partial charge in [-0.05, 0) is 18.1 Å². The average molecular weight is 369 g/mol. The molecule has 1 aromatic heterocycles. The van der Waals surface area contributed by atoms with Gasteiger partial charge in [0.1, 0.15) is 0 Å². The van der Waals surface area contributed by atoms with Crippen LogP contribution >= 0.6 is 33.9 Å². The largest absolute Gasteiger partial charge is 0.296 e. The van der Waals surface area contributed by atoms with Crippen LogP contribution in [-0.4, -0.2) is 23.2 Å². The monoisotopic (exact) mass is 367 g/mol. The van der Waals surface area contributed by atoms with Gasteiger partial charge < -0.3 is 0 Å². The van der Waals surface area contributed by atoms with Gasteiger partial charge in [-0.2, -0.15) is 0 Å². The lowest BCUT2D eigenvalue weighted by Crippen LogP contribution is -2.12. The summed E-state index contributed by atoms with van der Waals surface area (Å²) < 4.78 is 24.7. The lowest BCUT2D eigenvalue weighted by molar-refractivity contribution is 0.488. The smallest absolute Gasteiger partial charge is 0.296 e. The van der Waals surface area contributed by atoms with Gasteiger partial charge >= 0.3 is 0 Å². The van der Waals surface area contributed by atoms with Crippen molar-refractivity contribution in [2.75, 3.05) is 0 Å². The van der Waals surface area contributed by atoms with Gasteiger partial charge in [-0.25, -0.2) is 8.42 Å². The minimum atomic E-state index is -4.02. The van der Waals surface area contributed by atoms with E-state index < -0.39 is 9.05 Å². The Bertz CT molecular complexity index is 752. The molecule has 1 heterocycles. The van der Waals surface area contributed by atoms with Crippen molar-refractivity contribution in [3.8, 4) is 11.4 Å². The number of nitrogens with zero attached hydrogens (tertiary/aromatic N) is 3. The van der Waals surface area contributed by atoms with Crippen molar-refractivity contribution in [1.82, 2.24) is 14.8 Å². The molecule has 0 aliphatic rings. The quantitative estimate of drug-likeness (QED) is 0.769. The lowest BCUT2D eigenvalue weighted by Gasteiger charge is -2.13. The highest BCUT2D eigenvalue weighted by molar-refractivity contribution is 8.13. The SMILES string of the molecule is CC(C)Cn1c(-c2c(Cl)cccc2Cl)nnc1S(=O)(=O)Cl. The second-order valence-electron chi connectivity index (χ2n) is 4.85. The Hall–Kier alpha value is -0.820. The van der Waals surface area contributed by atoms with Crippen LogP contribution in [0.25, 0.3) is 11.4 Å². The molecule has 5 nitrogen and oxygen atoms in total. The van der Waals surface area contributed by atoms with Crippen LogP contribution in [0.3, 0.4) is 0 Å². The molecule has 0 aliphatic heterocycles. The van der Waals surface area contributed by atoms with Crippen molar-refractivity contribution in [1.29, 1.82) is 0 Å². The fourth-order valence-corrected chi connectivity index (χ4v) is 3.37. The van der Waals surface area contributed by atoms with E-state index in [9.17, 15) is 8.42 Å². The van der Waals surface area contributed by atoms with Crippen LogP contribution in [0.4, 0.5) is 0 Å². The second kappa shape index (κ2) is 6.12. The third-order valence-electron chi connectivity index (χ3n) is 2.67. The molecule has 1 aromatic carbocycles. The first-order chi connectivity index (χ1) is 9.71. The maximum Gasteiger partial charge on any atom is 0.296 e. The zero-order chi connectivity index (χ0) is 15.8. The summed E-state index contributed by atoms with van der Waals surface area (Å²) in [6.45, 7) is 4.23. The molecule has 114 valence electrons. The lowest BCUT2D eigenvalue weighted by atomic mass is 10.2. The van der Waals surface area contributed by atoms with E-state index >= 15 is 0 Å². The van der Waals surface area contributed by atoms with Crippen molar-refractivity contribution >= 4 is 42.9 Å². The van der Waals surface area contributed by atoms with E-state index in [1.54, 1.807) is 18.2 Å². The van der Waals surface area contributed by atoms with Crippen LogP contribution in [0.1, 0.15) is 13.8 Å². The first-order valence-electron chi connectivity index (χ1n) is 6.04. The van der Waals surface area contributed by atoms with Crippen LogP contribution < -0.4 is 0 Å². The molecule has 0 N–H and O–H groups in total. The highest BCUT2D eigenvalue weighted by Crippen LogP contribution is 2.34. The molecule has 0 fully saturated rings. The van der Waals surface area contributed by atoms with Gasteiger partial charge in [0.25, 0.3) is 14.2 Å². The molecule has 9 heteroatoms. The van der Waals surface area contributed by atoms with E-state index in [1.165, 1.54) is 4.57 Å². The highest BCUT2D eigenvalue weighted by Gasteiger charge is 2.25. The van der Waals surface area contributed by atoms with Gasteiger partial charge in [-0.15, -0.1) is 10.2 Å². The van der Waals surface area contributed by atoms with Gasteiger partial charge in [-0.3, -0.25) is 4.57 Å². The van der Waals surface area contributed by atoms with Gasteiger partial charge in [0.05, 0.1) is 15.6 Å². The van der Waals surface area contributed by atoms with Gasteiger partial charge in [0.15, 0.2) is 5.82 Å². The molecule has 0 amide bonds. The molecular weight excluding hydrogens is 357 g/mol. The minimum absolute atomic E-state index is 0.151. The topological polar surface area (TPSA) is 64.8 Å². The summed E-state index contributed by atoms with van der Waals surface area (Å²) in [7, 11) is 1.39. The van der Waals surface area contributed by atoms with Gasteiger partial charge in [0.2, 0.25) is 0 Å². The fourth-order valence-electron chi connectivity index (χ4n) is 1.90. The Labute approximate surface area is 137 Å². The number of halogens is 3. The average Bonchev–Trinajstić information content (AvgIpc) is 2.71.